The number of hydrogen-bond acceptors (Lipinski definition) is 4. The maximum Gasteiger partial charge on any atom is 0.141 e. The van der Waals surface area contributed by atoms with Gasteiger partial charge >= 0.3 is 0 Å². The van der Waals surface area contributed by atoms with Gasteiger partial charge in [0.05, 0.1) is 6.20 Å². The van der Waals surface area contributed by atoms with E-state index in [4.69, 9.17) is 5.73 Å². The topological polar surface area (TPSA) is 45.4 Å². The molecule has 2 N–H and O–H groups in total. The molecule has 0 unspecified atom stereocenters. The Hall–Kier alpha value is -2.14. The van der Waals surface area contributed by atoms with Crippen LogP contribution in [-0.2, 0) is 6.54 Å². The van der Waals surface area contributed by atoms with E-state index in [-0.39, 0.29) is 5.82 Å². The van der Waals surface area contributed by atoms with Crippen molar-refractivity contribution in [2.24, 2.45) is 0 Å². The van der Waals surface area contributed by atoms with E-state index in [1.165, 1.54) is 11.9 Å². The molecule has 4 nitrogen and oxygen atoms in total. The molecule has 1 aliphatic heterocycles. The van der Waals surface area contributed by atoms with Crippen LogP contribution >= 0.6 is 0 Å². The van der Waals surface area contributed by atoms with Crippen molar-refractivity contribution in [1.29, 1.82) is 0 Å². The number of halogens is 1. The van der Waals surface area contributed by atoms with Crippen LogP contribution < -0.4 is 10.6 Å². The summed E-state index contributed by atoms with van der Waals surface area (Å²) in [4.78, 5) is 8.57. The molecule has 0 spiro atoms. The van der Waals surface area contributed by atoms with Crippen molar-refractivity contribution < 1.29 is 4.39 Å². The smallest absolute Gasteiger partial charge is 0.141 e. The zero-order valence-electron chi connectivity index (χ0n) is 11.9. The second-order valence-corrected chi connectivity index (χ2v) is 5.37. The molecule has 1 fully saturated rings. The van der Waals surface area contributed by atoms with Gasteiger partial charge in [-0.15, -0.1) is 0 Å². The Morgan fingerprint density at radius 3 is 2.43 bits per heavy atom. The van der Waals surface area contributed by atoms with Gasteiger partial charge in [0.25, 0.3) is 0 Å². The molecular formula is C16H19FN4. The van der Waals surface area contributed by atoms with E-state index in [2.05, 4.69) is 26.9 Å². The number of pyridine rings is 1. The molecule has 21 heavy (non-hydrogen) atoms. The molecule has 2 heterocycles. The third-order valence-corrected chi connectivity index (χ3v) is 3.80. The summed E-state index contributed by atoms with van der Waals surface area (Å²) in [5.74, 6) is -0.270. The highest BCUT2D eigenvalue weighted by Crippen LogP contribution is 2.18. The molecule has 0 amide bonds. The van der Waals surface area contributed by atoms with Gasteiger partial charge in [-0.1, -0.05) is 0 Å². The fraction of sp³-hybridized carbons (Fsp3) is 0.312. The number of nitrogens with two attached hydrogens (primary N) is 1. The van der Waals surface area contributed by atoms with E-state index < -0.39 is 0 Å². The summed E-state index contributed by atoms with van der Waals surface area (Å²) in [7, 11) is 0. The molecule has 0 bridgehead atoms. The van der Waals surface area contributed by atoms with Crippen LogP contribution in [0.1, 0.15) is 5.56 Å². The average molecular weight is 286 g/mol. The molecule has 0 aliphatic carbocycles. The molecule has 1 aromatic carbocycles. The number of piperazine rings is 1. The number of anilines is 2. The first kappa shape index (κ1) is 13.8. The third kappa shape index (κ3) is 3.49. The second kappa shape index (κ2) is 6.10. The highest BCUT2D eigenvalue weighted by Gasteiger charge is 2.17. The van der Waals surface area contributed by atoms with E-state index in [0.717, 1.165) is 44.0 Å². The summed E-state index contributed by atoms with van der Waals surface area (Å²) >= 11 is 0. The highest BCUT2D eigenvalue weighted by atomic mass is 19.1. The van der Waals surface area contributed by atoms with Gasteiger partial charge in [-0.2, -0.15) is 0 Å². The molecular weight excluding hydrogens is 267 g/mol. The van der Waals surface area contributed by atoms with E-state index in [0.29, 0.717) is 0 Å². The molecule has 3 rings (SSSR count). The molecule has 5 heteroatoms. The maximum atomic E-state index is 13.1. The Balaban J connectivity index is 1.56. The summed E-state index contributed by atoms with van der Waals surface area (Å²) in [6.45, 7) is 4.60. The Morgan fingerprint density at radius 2 is 1.76 bits per heavy atom. The third-order valence-electron chi connectivity index (χ3n) is 3.80. The first-order chi connectivity index (χ1) is 10.2. The van der Waals surface area contributed by atoms with Crippen LogP contribution in [0.15, 0.2) is 42.7 Å². The molecule has 0 saturated carbocycles. The molecule has 110 valence electrons. The number of nitrogens with zero attached hydrogens (tertiary/aromatic N) is 3. The predicted octanol–water partition coefficient (Wildman–Crippen LogP) is 2.13. The summed E-state index contributed by atoms with van der Waals surface area (Å²) in [6.07, 6.45) is 2.97. The van der Waals surface area contributed by atoms with Gasteiger partial charge in [-0.3, -0.25) is 9.88 Å². The predicted molar refractivity (Wildman–Crippen MR) is 82.5 cm³/mol. The Labute approximate surface area is 124 Å². The first-order valence-corrected chi connectivity index (χ1v) is 7.13. The minimum absolute atomic E-state index is 0.270. The Kier molecular flexibility index (Phi) is 4.01. The van der Waals surface area contributed by atoms with Crippen LogP contribution in [0.2, 0.25) is 0 Å². The van der Waals surface area contributed by atoms with Crippen LogP contribution in [-0.4, -0.2) is 36.1 Å². The van der Waals surface area contributed by atoms with E-state index >= 15 is 0 Å². The Morgan fingerprint density at radius 1 is 1.05 bits per heavy atom. The maximum absolute atomic E-state index is 13.1. The van der Waals surface area contributed by atoms with E-state index in [1.54, 1.807) is 12.3 Å². The van der Waals surface area contributed by atoms with Crippen LogP contribution in [0.3, 0.4) is 0 Å². The van der Waals surface area contributed by atoms with Crippen LogP contribution in [0.25, 0.3) is 0 Å². The number of aromatic nitrogens is 1. The molecule has 0 radical (unpaired) electrons. The Bertz CT molecular complexity index is 591. The number of rotatable bonds is 3. The number of nitrogen functional groups attached to an aromatic ring is 1. The first-order valence-electron chi connectivity index (χ1n) is 7.13. The lowest BCUT2D eigenvalue weighted by Crippen LogP contribution is -2.45. The fourth-order valence-corrected chi connectivity index (χ4v) is 2.65. The van der Waals surface area contributed by atoms with Crippen LogP contribution in [0, 0.1) is 5.82 Å². The molecule has 1 aliphatic rings. The van der Waals surface area contributed by atoms with Gasteiger partial charge in [0.2, 0.25) is 0 Å². The van der Waals surface area contributed by atoms with Crippen molar-refractivity contribution in [3.05, 3.63) is 54.1 Å². The lowest BCUT2D eigenvalue weighted by molar-refractivity contribution is 0.249. The van der Waals surface area contributed by atoms with Crippen molar-refractivity contribution in [1.82, 2.24) is 9.88 Å². The zero-order chi connectivity index (χ0) is 14.7. The molecule has 1 aromatic heterocycles. The van der Waals surface area contributed by atoms with Crippen molar-refractivity contribution in [3.8, 4) is 0 Å². The summed E-state index contributed by atoms with van der Waals surface area (Å²) < 4.78 is 13.1. The lowest BCUT2D eigenvalue weighted by Gasteiger charge is -2.36. The largest absolute Gasteiger partial charge is 0.399 e. The molecule has 2 aromatic rings. The monoisotopic (exact) mass is 286 g/mol. The van der Waals surface area contributed by atoms with Crippen molar-refractivity contribution in [2.45, 2.75) is 6.54 Å². The fourth-order valence-electron chi connectivity index (χ4n) is 2.65. The summed E-state index contributed by atoms with van der Waals surface area (Å²) in [6, 6.07) is 9.53. The molecule has 0 atom stereocenters. The standard InChI is InChI=1S/C16H19FN4/c17-14-9-13(10-19-11-14)12-20-5-7-21(8-6-20)16-3-1-15(18)2-4-16/h1-4,9-11H,5-8,12,18H2. The average Bonchev–Trinajstić information content (AvgIpc) is 2.49. The van der Waals surface area contributed by atoms with E-state index in [1.807, 2.05) is 12.1 Å². The van der Waals surface area contributed by atoms with Gasteiger partial charge < -0.3 is 10.6 Å². The molecule has 1 saturated heterocycles. The van der Waals surface area contributed by atoms with Gasteiger partial charge in [-0.25, -0.2) is 4.39 Å². The highest BCUT2D eigenvalue weighted by molar-refractivity contribution is 5.53. The van der Waals surface area contributed by atoms with Crippen LogP contribution in [0.4, 0.5) is 15.8 Å². The second-order valence-electron chi connectivity index (χ2n) is 5.37. The van der Waals surface area contributed by atoms with Crippen molar-refractivity contribution >= 4 is 11.4 Å². The van der Waals surface area contributed by atoms with Crippen LogP contribution in [0.5, 0.6) is 0 Å². The lowest BCUT2D eigenvalue weighted by atomic mass is 10.2. The van der Waals surface area contributed by atoms with Gasteiger partial charge in [0.1, 0.15) is 5.82 Å². The summed E-state index contributed by atoms with van der Waals surface area (Å²) in [5.41, 5.74) is 8.63. The summed E-state index contributed by atoms with van der Waals surface area (Å²) in [5, 5.41) is 0. The van der Waals surface area contributed by atoms with Crippen molar-refractivity contribution in [2.75, 3.05) is 36.8 Å². The minimum Gasteiger partial charge on any atom is -0.399 e. The van der Waals surface area contributed by atoms with Crippen molar-refractivity contribution in [3.63, 3.8) is 0 Å². The SMILES string of the molecule is Nc1ccc(N2CCN(Cc3cncc(F)c3)CC2)cc1. The quantitative estimate of drug-likeness (QED) is 0.878. The normalized spacial score (nSPS) is 16.1. The number of hydrogen-bond donors (Lipinski definition) is 1. The van der Waals surface area contributed by atoms with E-state index in [9.17, 15) is 4.39 Å². The minimum atomic E-state index is -0.270. The van der Waals surface area contributed by atoms with Gasteiger partial charge in [0.15, 0.2) is 0 Å². The van der Waals surface area contributed by atoms with Gasteiger partial charge in [0, 0.05) is 50.3 Å². The number of benzene rings is 1. The zero-order valence-corrected chi connectivity index (χ0v) is 11.9. The van der Waals surface area contributed by atoms with Gasteiger partial charge in [-0.05, 0) is 35.9 Å².